The SMILES string of the molecule is C=CC(c1cccc(F)c1)S(=O)(=O)n1cc(C(F)F)c2c(NC3CCNCC3)cccc21. The first-order valence-corrected chi connectivity index (χ1v) is 11.8. The summed E-state index contributed by atoms with van der Waals surface area (Å²) in [5.74, 6) is -0.594. The Bertz CT molecular complexity index is 1230. The fourth-order valence-corrected chi connectivity index (χ4v) is 5.87. The van der Waals surface area contributed by atoms with Gasteiger partial charge in [0.1, 0.15) is 11.1 Å². The number of benzene rings is 2. The molecule has 2 N–H and O–H groups in total. The molecular formula is C23H24F3N3O2S. The van der Waals surface area contributed by atoms with Crippen LogP contribution >= 0.6 is 0 Å². The molecule has 2 aromatic carbocycles. The molecule has 1 fully saturated rings. The lowest BCUT2D eigenvalue weighted by molar-refractivity contribution is 0.153. The molecule has 1 aliphatic rings. The molecule has 1 unspecified atom stereocenters. The summed E-state index contributed by atoms with van der Waals surface area (Å²) in [6.45, 7) is 5.23. The standard InChI is InChI=1S/C23H24F3N3O2S/c1-2-21(15-5-3-6-16(24)13-15)32(30,31)29-14-18(23(25)26)22-19(7-4-8-20(22)29)28-17-9-11-27-12-10-17/h2-8,13-14,17,21,23,27-28H,1,9-12H2. The van der Waals surface area contributed by atoms with Crippen LogP contribution in [0, 0.1) is 5.82 Å². The van der Waals surface area contributed by atoms with Gasteiger partial charge in [0.05, 0.1) is 5.52 Å². The first-order valence-electron chi connectivity index (χ1n) is 10.3. The molecule has 0 radical (unpaired) electrons. The largest absolute Gasteiger partial charge is 0.382 e. The van der Waals surface area contributed by atoms with E-state index in [4.69, 9.17) is 0 Å². The van der Waals surface area contributed by atoms with Gasteiger partial charge in [-0.2, -0.15) is 0 Å². The number of anilines is 1. The Kier molecular flexibility index (Phi) is 6.30. The Hall–Kier alpha value is -2.78. The van der Waals surface area contributed by atoms with Crippen LogP contribution in [0.1, 0.15) is 35.6 Å². The molecule has 2 heterocycles. The molecule has 0 amide bonds. The number of alkyl halides is 2. The van der Waals surface area contributed by atoms with E-state index in [1.807, 2.05) is 0 Å². The average Bonchev–Trinajstić information content (AvgIpc) is 3.17. The summed E-state index contributed by atoms with van der Waals surface area (Å²) in [6, 6.07) is 10.1. The van der Waals surface area contributed by atoms with Gasteiger partial charge in [-0.1, -0.05) is 24.3 Å². The van der Waals surface area contributed by atoms with Crippen LogP contribution in [0.15, 0.2) is 61.3 Å². The van der Waals surface area contributed by atoms with Gasteiger partial charge in [0.2, 0.25) is 10.0 Å². The number of nitrogens with one attached hydrogen (secondary N) is 2. The summed E-state index contributed by atoms with van der Waals surface area (Å²) in [7, 11) is -4.25. The van der Waals surface area contributed by atoms with Crippen LogP contribution in [-0.4, -0.2) is 31.5 Å². The number of halogens is 3. The second-order valence-electron chi connectivity index (χ2n) is 7.81. The maximum absolute atomic E-state index is 14.0. The van der Waals surface area contributed by atoms with Crippen LogP contribution in [0.4, 0.5) is 18.9 Å². The predicted octanol–water partition coefficient (Wildman–Crippen LogP) is 4.99. The van der Waals surface area contributed by atoms with Crippen LogP contribution < -0.4 is 10.6 Å². The van der Waals surface area contributed by atoms with Crippen LogP contribution in [0.3, 0.4) is 0 Å². The van der Waals surface area contributed by atoms with Gasteiger partial charge in [-0.3, -0.25) is 0 Å². The zero-order valence-electron chi connectivity index (χ0n) is 17.3. The van der Waals surface area contributed by atoms with Crippen molar-refractivity contribution in [2.75, 3.05) is 18.4 Å². The number of nitrogens with zero attached hydrogens (tertiary/aromatic N) is 1. The van der Waals surface area contributed by atoms with E-state index in [9.17, 15) is 21.6 Å². The summed E-state index contributed by atoms with van der Waals surface area (Å²) in [6.07, 6.45) is 0.930. The molecule has 9 heteroatoms. The minimum atomic E-state index is -4.25. The Labute approximate surface area is 185 Å². The molecule has 1 saturated heterocycles. The van der Waals surface area contributed by atoms with E-state index in [1.165, 1.54) is 30.3 Å². The molecule has 1 aromatic heterocycles. The third-order valence-corrected chi connectivity index (χ3v) is 7.70. The van der Waals surface area contributed by atoms with Crippen molar-refractivity contribution < 1.29 is 21.6 Å². The second-order valence-corrected chi connectivity index (χ2v) is 9.74. The molecule has 1 atom stereocenters. The molecule has 1 aliphatic heterocycles. The lowest BCUT2D eigenvalue weighted by atomic mass is 10.0. The molecular weight excluding hydrogens is 439 g/mol. The van der Waals surface area contributed by atoms with Gasteiger partial charge in [0.25, 0.3) is 6.43 Å². The minimum Gasteiger partial charge on any atom is -0.382 e. The summed E-state index contributed by atoms with van der Waals surface area (Å²) >= 11 is 0. The van der Waals surface area contributed by atoms with Crippen LogP contribution in [0.25, 0.3) is 10.9 Å². The lowest BCUT2D eigenvalue weighted by Crippen LogP contribution is -2.35. The zero-order chi connectivity index (χ0) is 22.9. The van der Waals surface area contributed by atoms with Gasteiger partial charge in [-0.15, -0.1) is 6.58 Å². The molecule has 0 bridgehead atoms. The van der Waals surface area contributed by atoms with E-state index in [2.05, 4.69) is 17.2 Å². The highest BCUT2D eigenvalue weighted by Gasteiger charge is 2.31. The normalized spacial score (nSPS) is 16.4. The third kappa shape index (κ3) is 4.14. The molecule has 0 spiro atoms. The quantitative estimate of drug-likeness (QED) is 0.485. The fourth-order valence-electron chi connectivity index (χ4n) is 4.21. The molecule has 3 aromatic rings. The van der Waals surface area contributed by atoms with Crippen LogP contribution in [0.2, 0.25) is 0 Å². The van der Waals surface area contributed by atoms with Crippen molar-refractivity contribution in [3.05, 3.63) is 78.3 Å². The van der Waals surface area contributed by atoms with Crippen molar-refractivity contribution in [3.63, 3.8) is 0 Å². The number of hydrogen-bond acceptors (Lipinski definition) is 4. The maximum atomic E-state index is 14.0. The van der Waals surface area contributed by atoms with E-state index in [0.29, 0.717) is 5.69 Å². The van der Waals surface area contributed by atoms with E-state index >= 15 is 0 Å². The Morgan fingerprint density at radius 1 is 1.16 bits per heavy atom. The Morgan fingerprint density at radius 3 is 2.53 bits per heavy atom. The van der Waals surface area contributed by atoms with E-state index < -0.39 is 27.5 Å². The summed E-state index contributed by atoms with van der Waals surface area (Å²) in [5, 5.41) is 5.43. The highest BCUT2D eigenvalue weighted by Crippen LogP contribution is 2.38. The maximum Gasteiger partial charge on any atom is 0.266 e. The predicted molar refractivity (Wildman–Crippen MR) is 120 cm³/mol. The highest BCUT2D eigenvalue weighted by molar-refractivity contribution is 7.90. The van der Waals surface area contributed by atoms with E-state index in [1.54, 1.807) is 12.1 Å². The summed E-state index contributed by atoms with van der Waals surface area (Å²) in [5.41, 5.74) is 0.411. The molecule has 4 rings (SSSR count). The van der Waals surface area contributed by atoms with Gasteiger partial charge >= 0.3 is 0 Å². The van der Waals surface area contributed by atoms with Gasteiger partial charge in [-0.05, 0) is 55.8 Å². The van der Waals surface area contributed by atoms with E-state index in [-0.39, 0.29) is 28.1 Å². The molecule has 0 aliphatic carbocycles. The second kappa shape index (κ2) is 8.99. The van der Waals surface area contributed by atoms with Crippen molar-refractivity contribution in [1.82, 2.24) is 9.29 Å². The number of hydrogen-bond donors (Lipinski definition) is 2. The molecule has 0 saturated carbocycles. The number of rotatable bonds is 7. The summed E-state index contributed by atoms with van der Waals surface area (Å²) < 4.78 is 69.7. The first-order chi connectivity index (χ1) is 15.3. The van der Waals surface area contributed by atoms with Crippen molar-refractivity contribution >= 4 is 26.6 Å². The van der Waals surface area contributed by atoms with Crippen molar-refractivity contribution in [1.29, 1.82) is 0 Å². The highest BCUT2D eigenvalue weighted by atomic mass is 32.2. The van der Waals surface area contributed by atoms with Gasteiger partial charge in [0.15, 0.2) is 0 Å². The topological polar surface area (TPSA) is 63.1 Å². The van der Waals surface area contributed by atoms with Crippen LogP contribution in [-0.2, 0) is 10.0 Å². The third-order valence-electron chi connectivity index (χ3n) is 5.75. The van der Waals surface area contributed by atoms with Gasteiger partial charge < -0.3 is 10.6 Å². The van der Waals surface area contributed by atoms with Crippen molar-refractivity contribution in [2.24, 2.45) is 0 Å². The lowest BCUT2D eigenvalue weighted by Gasteiger charge is -2.25. The fraction of sp³-hybridized carbons (Fsp3) is 0.304. The van der Waals surface area contributed by atoms with Gasteiger partial charge in [0, 0.05) is 28.9 Å². The molecule has 5 nitrogen and oxygen atoms in total. The minimum absolute atomic E-state index is 0.0977. The number of piperidine rings is 1. The van der Waals surface area contributed by atoms with Crippen molar-refractivity contribution in [3.8, 4) is 0 Å². The first kappa shape index (κ1) is 22.4. The number of fused-ring (bicyclic) bond motifs is 1. The Balaban J connectivity index is 1.85. The zero-order valence-corrected chi connectivity index (χ0v) is 18.1. The summed E-state index contributed by atoms with van der Waals surface area (Å²) in [4.78, 5) is 0. The molecule has 32 heavy (non-hydrogen) atoms. The van der Waals surface area contributed by atoms with Crippen LogP contribution in [0.5, 0.6) is 0 Å². The van der Waals surface area contributed by atoms with Gasteiger partial charge in [-0.25, -0.2) is 25.6 Å². The Morgan fingerprint density at radius 2 is 1.88 bits per heavy atom. The average molecular weight is 464 g/mol. The smallest absolute Gasteiger partial charge is 0.266 e. The molecule has 170 valence electrons. The van der Waals surface area contributed by atoms with Crippen molar-refractivity contribution in [2.45, 2.75) is 30.6 Å². The number of aromatic nitrogens is 1. The monoisotopic (exact) mass is 463 g/mol. The van der Waals surface area contributed by atoms with E-state index in [0.717, 1.165) is 42.2 Å².